The van der Waals surface area contributed by atoms with Gasteiger partial charge in [-0.05, 0) is 37.1 Å². The number of hydrogen-bond donors (Lipinski definition) is 1. The van der Waals surface area contributed by atoms with Crippen LogP contribution in [0.3, 0.4) is 0 Å². The number of aromatic nitrogens is 1. The first-order valence-corrected chi connectivity index (χ1v) is 10.6. The monoisotopic (exact) mass is 418 g/mol. The van der Waals surface area contributed by atoms with E-state index in [2.05, 4.69) is 10.3 Å². The van der Waals surface area contributed by atoms with E-state index in [1.165, 1.54) is 18.7 Å². The predicted molar refractivity (Wildman–Crippen MR) is 113 cm³/mol. The van der Waals surface area contributed by atoms with Crippen LogP contribution in [0.5, 0.6) is 0 Å². The third kappa shape index (κ3) is 5.31. The first-order chi connectivity index (χ1) is 12.9. The van der Waals surface area contributed by atoms with Crippen molar-refractivity contribution in [2.45, 2.75) is 29.9 Å². The summed E-state index contributed by atoms with van der Waals surface area (Å²) in [5.41, 5.74) is 2.63. The van der Waals surface area contributed by atoms with E-state index in [0.29, 0.717) is 17.1 Å². The van der Waals surface area contributed by atoms with Crippen molar-refractivity contribution in [1.82, 2.24) is 10.3 Å². The lowest BCUT2D eigenvalue weighted by Crippen LogP contribution is -2.22. The molecule has 0 bridgehead atoms. The van der Waals surface area contributed by atoms with Gasteiger partial charge in [0.05, 0.1) is 15.5 Å². The number of rotatable bonds is 7. The summed E-state index contributed by atoms with van der Waals surface area (Å²) in [4.78, 5) is 28.2. The van der Waals surface area contributed by atoms with Crippen molar-refractivity contribution in [3.8, 4) is 0 Å². The molecule has 0 saturated carbocycles. The fourth-order valence-corrected chi connectivity index (χ4v) is 5.02. The number of nitrogens with zero attached hydrogens (tertiary/aromatic N) is 1. The molecule has 0 aliphatic rings. The van der Waals surface area contributed by atoms with E-state index in [4.69, 9.17) is 11.6 Å². The first-order valence-electron chi connectivity index (χ1n) is 8.53. The van der Waals surface area contributed by atoms with Crippen LogP contribution < -0.4 is 5.32 Å². The molecule has 1 atom stereocenters. The lowest BCUT2D eigenvalue weighted by Gasteiger charge is -2.09. The van der Waals surface area contributed by atoms with E-state index in [-0.39, 0.29) is 16.9 Å². The van der Waals surface area contributed by atoms with Gasteiger partial charge < -0.3 is 5.32 Å². The van der Waals surface area contributed by atoms with E-state index in [0.717, 1.165) is 26.5 Å². The summed E-state index contributed by atoms with van der Waals surface area (Å²) in [6, 6.07) is 13.2. The van der Waals surface area contributed by atoms with Gasteiger partial charge in [-0.3, -0.25) is 9.59 Å². The van der Waals surface area contributed by atoms with Crippen LogP contribution >= 0.6 is 34.7 Å². The molecule has 0 radical (unpaired) electrons. The van der Waals surface area contributed by atoms with E-state index in [1.807, 2.05) is 49.4 Å². The minimum atomic E-state index is -0.230. The number of halogens is 1. The molecule has 3 rings (SSSR count). The molecule has 1 N–H and O–H groups in total. The molecular weight excluding hydrogens is 400 g/mol. The fourth-order valence-electron chi connectivity index (χ4n) is 2.59. The number of carbonyl (C=O) groups is 2. The molecule has 4 nitrogen and oxygen atoms in total. The average Bonchev–Trinajstić information content (AvgIpc) is 3.02. The van der Waals surface area contributed by atoms with Crippen LogP contribution in [0.1, 0.15) is 29.8 Å². The molecule has 27 heavy (non-hydrogen) atoms. The number of nitrogens with one attached hydrogen (secondary N) is 1. The van der Waals surface area contributed by atoms with Gasteiger partial charge in [0.1, 0.15) is 0 Å². The minimum Gasteiger partial charge on any atom is -0.356 e. The maximum absolute atomic E-state index is 12.7. The normalized spacial score (nSPS) is 12.1. The number of benzene rings is 2. The summed E-state index contributed by atoms with van der Waals surface area (Å²) in [5.74, 6) is 0.0375. The molecule has 2 aromatic carbocycles. The smallest absolute Gasteiger partial charge is 0.216 e. The number of Topliss-reactive ketones (excluding diaryl/α,β-unsaturated/α-hetero) is 1. The summed E-state index contributed by atoms with van der Waals surface area (Å²) in [5, 5.41) is 3.20. The molecule has 0 aliphatic carbocycles. The highest BCUT2D eigenvalue weighted by Crippen LogP contribution is 2.34. The largest absolute Gasteiger partial charge is 0.356 e. The average molecular weight is 419 g/mol. The van der Waals surface area contributed by atoms with Gasteiger partial charge in [-0.1, -0.05) is 47.6 Å². The number of thioether (sulfide) groups is 1. The second-order valence-corrected chi connectivity index (χ2v) is 9.20. The van der Waals surface area contributed by atoms with Gasteiger partial charge in [-0.2, -0.15) is 0 Å². The number of carbonyl (C=O) groups excluding carboxylic acids is 2. The van der Waals surface area contributed by atoms with Crippen molar-refractivity contribution in [1.29, 1.82) is 0 Å². The molecule has 1 aromatic heterocycles. The van der Waals surface area contributed by atoms with Gasteiger partial charge in [0.15, 0.2) is 10.1 Å². The Labute approximate surface area is 171 Å². The molecule has 1 amide bonds. The standard InChI is InChI=1S/C20H19ClN2O2S2/c1-12(26-20-23-17-11-16(21)7-8-18(17)27-20)19(25)15-5-3-14(4-6-15)9-10-22-13(2)24/h3-8,11-12H,9-10H2,1-2H3,(H,22,24)/t12-/m0/s1. The van der Waals surface area contributed by atoms with Crippen molar-refractivity contribution in [2.24, 2.45) is 0 Å². The Bertz CT molecular complexity index is 970. The van der Waals surface area contributed by atoms with Crippen molar-refractivity contribution >= 4 is 56.6 Å². The van der Waals surface area contributed by atoms with Crippen LogP contribution in [0.2, 0.25) is 5.02 Å². The number of hydrogen-bond acceptors (Lipinski definition) is 5. The second-order valence-electron chi connectivity index (χ2n) is 6.15. The van der Waals surface area contributed by atoms with Crippen molar-refractivity contribution < 1.29 is 9.59 Å². The Morgan fingerprint density at radius 2 is 1.96 bits per heavy atom. The summed E-state index contributed by atoms with van der Waals surface area (Å²) in [6.07, 6.45) is 0.743. The summed E-state index contributed by atoms with van der Waals surface area (Å²) < 4.78 is 1.92. The van der Waals surface area contributed by atoms with Crippen LogP contribution in [-0.2, 0) is 11.2 Å². The Kier molecular flexibility index (Phi) is 6.52. The van der Waals surface area contributed by atoms with Crippen molar-refractivity contribution in [3.63, 3.8) is 0 Å². The third-order valence-electron chi connectivity index (χ3n) is 4.00. The minimum absolute atomic E-state index is 0.0373. The number of ketones is 1. The molecule has 3 aromatic rings. The fraction of sp³-hybridized carbons (Fsp3) is 0.250. The van der Waals surface area contributed by atoms with Gasteiger partial charge in [-0.15, -0.1) is 11.3 Å². The van der Waals surface area contributed by atoms with Crippen LogP contribution in [0, 0.1) is 0 Å². The van der Waals surface area contributed by atoms with Crippen LogP contribution in [-0.4, -0.2) is 28.5 Å². The summed E-state index contributed by atoms with van der Waals surface area (Å²) >= 11 is 9.04. The molecule has 0 saturated heterocycles. The zero-order valence-corrected chi connectivity index (χ0v) is 17.4. The van der Waals surface area contributed by atoms with E-state index in [1.54, 1.807) is 11.3 Å². The number of amides is 1. The Balaban J connectivity index is 1.62. The lowest BCUT2D eigenvalue weighted by atomic mass is 10.0. The highest BCUT2D eigenvalue weighted by atomic mass is 35.5. The Hall–Kier alpha value is -1.89. The lowest BCUT2D eigenvalue weighted by molar-refractivity contribution is -0.118. The van der Waals surface area contributed by atoms with Crippen LogP contribution in [0.4, 0.5) is 0 Å². The number of thiazole rings is 1. The second kappa shape index (κ2) is 8.87. The van der Waals surface area contributed by atoms with E-state index < -0.39 is 0 Å². The van der Waals surface area contributed by atoms with E-state index in [9.17, 15) is 9.59 Å². The van der Waals surface area contributed by atoms with E-state index >= 15 is 0 Å². The molecule has 0 unspecified atom stereocenters. The number of fused-ring (bicyclic) bond motifs is 1. The molecule has 7 heteroatoms. The van der Waals surface area contributed by atoms with Gasteiger partial charge in [-0.25, -0.2) is 4.98 Å². The molecule has 1 heterocycles. The van der Waals surface area contributed by atoms with Crippen molar-refractivity contribution in [2.75, 3.05) is 6.54 Å². The SMILES string of the molecule is CC(=O)NCCc1ccc(C(=O)[C@H](C)Sc2nc3cc(Cl)ccc3s2)cc1. The molecule has 0 aliphatic heterocycles. The van der Waals surface area contributed by atoms with Crippen LogP contribution in [0.25, 0.3) is 10.2 Å². The maximum atomic E-state index is 12.7. The quantitative estimate of drug-likeness (QED) is 0.433. The molecule has 0 spiro atoms. The first kappa shape index (κ1) is 19.9. The van der Waals surface area contributed by atoms with Crippen molar-refractivity contribution in [3.05, 3.63) is 58.6 Å². The third-order valence-corrected chi connectivity index (χ3v) is 6.47. The molecule has 140 valence electrons. The predicted octanol–water partition coefficient (Wildman–Crippen LogP) is 4.99. The topological polar surface area (TPSA) is 59.1 Å². The highest BCUT2D eigenvalue weighted by Gasteiger charge is 2.18. The van der Waals surface area contributed by atoms with Gasteiger partial charge in [0.25, 0.3) is 0 Å². The van der Waals surface area contributed by atoms with Gasteiger partial charge in [0.2, 0.25) is 5.91 Å². The zero-order valence-electron chi connectivity index (χ0n) is 15.0. The molecular formula is C20H19ClN2O2S2. The molecule has 0 fully saturated rings. The maximum Gasteiger partial charge on any atom is 0.216 e. The summed E-state index contributed by atoms with van der Waals surface area (Å²) in [6.45, 7) is 3.99. The highest BCUT2D eigenvalue weighted by molar-refractivity contribution is 8.02. The van der Waals surface area contributed by atoms with Gasteiger partial charge >= 0.3 is 0 Å². The Morgan fingerprint density at radius 1 is 1.22 bits per heavy atom. The van der Waals surface area contributed by atoms with Crippen LogP contribution in [0.15, 0.2) is 46.8 Å². The summed E-state index contributed by atoms with van der Waals surface area (Å²) in [7, 11) is 0. The van der Waals surface area contributed by atoms with Gasteiger partial charge in [0, 0.05) is 24.1 Å². The zero-order chi connectivity index (χ0) is 19.4. The Morgan fingerprint density at radius 3 is 2.67 bits per heavy atom.